The lowest BCUT2D eigenvalue weighted by molar-refractivity contribution is -0.120. The van der Waals surface area contributed by atoms with Crippen LogP contribution in [0.1, 0.15) is 31.1 Å². The van der Waals surface area contributed by atoms with Crippen molar-refractivity contribution in [2.75, 3.05) is 0 Å². The smallest absolute Gasteiger partial charge is 0.233 e. The summed E-state index contributed by atoms with van der Waals surface area (Å²) < 4.78 is 1.89. The van der Waals surface area contributed by atoms with Crippen LogP contribution in [-0.2, 0) is 4.79 Å². The Balaban J connectivity index is 1.66. The van der Waals surface area contributed by atoms with Crippen LogP contribution >= 0.6 is 23.4 Å². The molecular formula is C21H22ClN3OS. The van der Waals surface area contributed by atoms with Crippen molar-refractivity contribution in [3.63, 3.8) is 0 Å². The zero-order valence-electron chi connectivity index (χ0n) is 15.5. The van der Waals surface area contributed by atoms with Crippen LogP contribution in [0.3, 0.4) is 0 Å². The van der Waals surface area contributed by atoms with Gasteiger partial charge in [0.05, 0.1) is 23.2 Å². The molecule has 0 spiro atoms. The number of benzene rings is 2. The van der Waals surface area contributed by atoms with E-state index >= 15 is 0 Å². The van der Waals surface area contributed by atoms with Gasteiger partial charge in [0.15, 0.2) is 0 Å². The van der Waals surface area contributed by atoms with Gasteiger partial charge >= 0.3 is 0 Å². The van der Waals surface area contributed by atoms with Gasteiger partial charge in [0.2, 0.25) is 5.91 Å². The predicted molar refractivity (Wildman–Crippen MR) is 112 cm³/mol. The SMILES string of the molecule is Cc1c(C(C)NC(=O)C(C)Sc2ccc(Cl)cc2)cnn1-c1ccccc1. The molecule has 140 valence electrons. The zero-order chi connectivity index (χ0) is 19.4. The minimum absolute atomic E-state index is 0.00527. The zero-order valence-corrected chi connectivity index (χ0v) is 17.1. The number of hydrogen-bond acceptors (Lipinski definition) is 3. The van der Waals surface area contributed by atoms with Gasteiger partial charge < -0.3 is 5.32 Å². The maximum Gasteiger partial charge on any atom is 0.233 e. The number of nitrogens with zero attached hydrogens (tertiary/aromatic N) is 2. The summed E-state index contributed by atoms with van der Waals surface area (Å²) in [6.45, 7) is 5.91. The van der Waals surface area contributed by atoms with Crippen molar-refractivity contribution in [3.05, 3.63) is 77.1 Å². The molecular weight excluding hydrogens is 378 g/mol. The number of aromatic nitrogens is 2. The number of amides is 1. The highest BCUT2D eigenvalue weighted by Gasteiger charge is 2.20. The minimum Gasteiger partial charge on any atom is -0.348 e. The molecule has 2 unspecified atom stereocenters. The van der Waals surface area contributed by atoms with E-state index in [2.05, 4.69) is 10.4 Å². The highest BCUT2D eigenvalue weighted by atomic mass is 35.5. The second kappa shape index (κ2) is 8.63. The number of hydrogen-bond donors (Lipinski definition) is 1. The molecule has 2 atom stereocenters. The molecule has 0 aliphatic rings. The lowest BCUT2D eigenvalue weighted by atomic mass is 10.1. The Bertz CT molecular complexity index is 909. The molecule has 6 heteroatoms. The van der Waals surface area contributed by atoms with E-state index in [9.17, 15) is 4.79 Å². The van der Waals surface area contributed by atoms with Crippen LogP contribution in [0.4, 0.5) is 0 Å². The second-order valence-electron chi connectivity index (χ2n) is 6.38. The fourth-order valence-corrected chi connectivity index (χ4v) is 3.86. The maximum absolute atomic E-state index is 12.6. The minimum atomic E-state index is -0.210. The van der Waals surface area contributed by atoms with E-state index in [0.29, 0.717) is 5.02 Å². The van der Waals surface area contributed by atoms with Gasteiger partial charge in [-0.25, -0.2) is 4.68 Å². The van der Waals surface area contributed by atoms with Gasteiger partial charge in [0.25, 0.3) is 0 Å². The van der Waals surface area contributed by atoms with Crippen molar-refractivity contribution in [3.8, 4) is 5.69 Å². The van der Waals surface area contributed by atoms with Crippen molar-refractivity contribution in [1.29, 1.82) is 0 Å². The monoisotopic (exact) mass is 399 g/mol. The molecule has 0 bridgehead atoms. The molecule has 0 fully saturated rings. The fourth-order valence-electron chi connectivity index (χ4n) is 2.86. The Morgan fingerprint density at radius 1 is 1.11 bits per heavy atom. The molecule has 0 saturated carbocycles. The summed E-state index contributed by atoms with van der Waals surface area (Å²) in [4.78, 5) is 13.6. The number of para-hydroxylation sites is 1. The lowest BCUT2D eigenvalue weighted by Crippen LogP contribution is -2.33. The molecule has 0 aliphatic carbocycles. The van der Waals surface area contributed by atoms with Crippen molar-refractivity contribution < 1.29 is 4.79 Å². The summed E-state index contributed by atoms with van der Waals surface area (Å²) in [7, 11) is 0. The standard InChI is InChI=1S/C21H22ClN3OS/c1-14(20-13-23-25(15(20)2)18-7-5-4-6-8-18)24-21(26)16(3)27-19-11-9-17(22)10-12-19/h4-14,16H,1-3H3,(H,24,26). The molecule has 0 radical (unpaired) electrons. The summed E-state index contributed by atoms with van der Waals surface area (Å²) in [5, 5.41) is 8.06. The number of carbonyl (C=O) groups excluding carboxylic acids is 1. The third kappa shape index (κ3) is 4.73. The summed E-state index contributed by atoms with van der Waals surface area (Å²) in [5.41, 5.74) is 3.04. The van der Waals surface area contributed by atoms with Gasteiger partial charge in [0, 0.05) is 21.2 Å². The first kappa shape index (κ1) is 19.5. The lowest BCUT2D eigenvalue weighted by Gasteiger charge is -2.17. The molecule has 1 heterocycles. The highest BCUT2D eigenvalue weighted by Crippen LogP contribution is 2.26. The molecule has 3 aromatic rings. The summed E-state index contributed by atoms with van der Waals surface area (Å²) in [6, 6.07) is 17.4. The average molecular weight is 400 g/mol. The maximum atomic E-state index is 12.6. The molecule has 1 N–H and O–H groups in total. The Morgan fingerprint density at radius 2 is 1.78 bits per heavy atom. The first-order valence-corrected chi connectivity index (χ1v) is 10.0. The van der Waals surface area contributed by atoms with Crippen LogP contribution in [0, 0.1) is 6.92 Å². The van der Waals surface area contributed by atoms with E-state index in [1.54, 1.807) is 0 Å². The van der Waals surface area contributed by atoms with Gasteiger partial charge in [-0.15, -0.1) is 11.8 Å². The summed E-state index contributed by atoms with van der Waals surface area (Å²) in [5.74, 6) is -0.00527. The summed E-state index contributed by atoms with van der Waals surface area (Å²) in [6.07, 6.45) is 1.82. The van der Waals surface area contributed by atoms with E-state index in [1.165, 1.54) is 11.8 Å². The van der Waals surface area contributed by atoms with Gasteiger partial charge in [0.1, 0.15) is 0 Å². The molecule has 1 aromatic heterocycles. The molecule has 3 rings (SSSR count). The second-order valence-corrected chi connectivity index (χ2v) is 8.23. The van der Waals surface area contributed by atoms with Crippen LogP contribution in [-0.4, -0.2) is 20.9 Å². The molecule has 0 aliphatic heterocycles. The third-order valence-electron chi connectivity index (χ3n) is 4.37. The predicted octanol–water partition coefficient (Wildman–Crippen LogP) is 5.19. The Kier molecular flexibility index (Phi) is 6.24. The van der Waals surface area contributed by atoms with Gasteiger partial charge in [-0.05, 0) is 57.2 Å². The van der Waals surface area contributed by atoms with E-state index in [-0.39, 0.29) is 17.2 Å². The van der Waals surface area contributed by atoms with E-state index in [4.69, 9.17) is 11.6 Å². The summed E-state index contributed by atoms with van der Waals surface area (Å²) >= 11 is 7.42. The Morgan fingerprint density at radius 3 is 2.44 bits per heavy atom. The number of rotatable bonds is 6. The normalized spacial score (nSPS) is 13.2. The number of carbonyl (C=O) groups is 1. The van der Waals surface area contributed by atoms with Crippen LogP contribution in [0.2, 0.25) is 5.02 Å². The molecule has 0 saturated heterocycles. The highest BCUT2D eigenvalue weighted by molar-refractivity contribution is 8.00. The average Bonchev–Trinajstić information content (AvgIpc) is 3.05. The largest absolute Gasteiger partial charge is 0.348 e. The quantitative estimate of drug-likeness (QED) is 0.580. The van der Waals surface area contributed by atoms with Crippen LogP contribution < -0.4 is 5.32 Å². The topological polar surface area (TPSA) is 46.9 Å². The van der Waals surface area contributed by atoms with Gasteiger partial charge in [-0.2, -0.15) is 5.10 Å². The third-order valence-corrected chi connectivity index (χ3v) is 5.73. The van der Waals surface area contributed by atoms with Crippen molar-refractivity contribution in [1.82, 2.24) is 15.1 Å². The Labute approximate surface area is 168 Å². The van der Waals surface area contributed by atoms with Gasteiger partial charge in [-0.1, -0.05) is 29.8 Å². The van der Waals surface area contributed by atoms with Gasteiger partial charge in [-0.3, -0.25) is 4.79 Å². The van der Waals surface area contributed by atoms with E-state index < -0.39 is 0 Å². The first-order chi connectivity index (χ1) is 13.0. The number of halogens is 1. The van der Waals surface area contributed by atoms with Crippen LogP contribution in [0.5, 0.6) is 0 Å². The number of thioether (sulfide) groups is 1. The molecule has 1 amide bonds. The van der Waals surface area contributed by atoms with E-state index in [1.807, 2.05) is 86.2 Å². The Hall–Kier alpha value is -2.24. The van der Waals surface area contributed by atoms with Crippen molar-refractivity contribution >= 4 is 29.3 Å². The van der Waals surface area contributed by atoms with Crippen molar-refractivity contribution in [2.45, 2.75) is 37.0 Å². The van der Waals surface area contributed by atoms with Crippen LogP contribution in [0.15, 0.2) is 65.7 Å². The molecule has 27 heavy (non-hydrogen) atoms. The number of nitrogens with one attached hydrogen (secondary N) is 1. The van der Waals surface area contributed by atoms with Crippen LogP contribution in [0.25, 0.3) is 5.69 Å². The molecule has 2 aromatic carbocycles. The van der Waals surface area contributed by atoms with E-state index in [0.717, 1.165) is 21.8 Å². The molecule has 4 nitrogen and oxygen atoms in total. The van der Waals surface area contributed by atoms with Crippen molar-refractivity contribution in [2.24, 2.45) is 0 Å². The fraction of sp³-hybridized carbons (Fsp3) is 0.238. The first-order valence-electron chi connectivity index (χ1n) is 8.78.